The van der Waals surface area contributed by atoms with Crippen LogP contribution in [-0.4, -0.2) is 32.9 Å². The zero-order valence-corrected chi connectivity index (χ0v) is 8.94. The van der Waals surface area contributed by atoms with Crippen molar-refractivity contribution in [2.45, 2.75) is 0 Å². The molecule has 1 aliphatic rings. The number of fused-ring (bicyclic) bond motifs is 1. The average Bonchev–Trinajstić information content (AvgIpc) is 2.45. The maximum absolute atomic E-state index is 10.8. The molecule has 1 aliphatic heterocycles. The Kier molecular flexibility index (Phi) is 3.75. The Hall–Kier alpha value is -1.25. The van der Waals surface area contributed by atoms with Crippen LogP contribution in [0.2, 0.25) is 0 Å². The first-order chi connectivity index (χ1) is 6.70. The molecule has 0 saturated heterocycles. The van der Waals surface area contributed by atoms with Gasteiger partial charge in [0.15, 0.2) is 0 Å². The molecule has 1 heterocycles. The number of rotatable bonds is 0. The van der Waals surface area contributed by atoms with Crippen molar-refractivity contribution < 1.29 is 18.4 Å². The fourth-order valence-electron chi connectivity index (χ4n) is 1.03. The largest absolute Gasteiger partial charge is 0.458 e. The highest BCUT2D eigenvalue weighted by Crippen LogP contribution is 2.18. The van der Waals surface area contributed by atoms with Crippen LogP contribution < -0.4 is 0 Å². The predicted octanol–water partition coefficient (Wildman–Crippen LogP) is 0.167. The predicted molar refractivity (Wildman–Crippen MR) is 48.8 cm³/mol. The number of cyclic esters (lactones) is 2. The lowest BCUT2D eigenvalue weighted by molar-refractivity contribution is 0.0444. The molecule has 1 aromatic rings. The fraction of sp³-hybridized carbons (Fsp3) is 0. The van der Waals surface area contributed by atoms with E-state index in [2.05, 4.69) is 29.8 Å². The molecule has 68 valence electrons. The number of ether oxygens (including phenoxy) is 1. The second kappa shape index (κ2) is 4.84. The van der Waals surface area contributed by atoms with E-state index in [-0.39, 0.29) is 0 Å². The highest BCUT2D eigenvalue weighted by molar-refractivity contribution is 6.15. The Balaban J connectivity index is 0.000000293. The standard InChI is InChI=1S/C8H4O3.OSi2/c9-7-5-3-1-2-4-6(5)8(10)11-7;2-1-3/h1-4H;. The van der Waals surface area contributed by atoms with Crippen molar-refractivity contribution in [2.24, 2.45) is 0 Å². The molecule has 0 spiro atoms. The minimum Gasteiger partial charge on any atom is -0.458 e. The molecule has 0 N–H and O–H groups in total. The van der Waals surface area contributed by atoms with Gasteiger partial charge in [0.2, 0.25) is 21.0 Å². The van der Waals surface area contributed by atoms with Crippen molar-refractivity contribution >= 4 is 32.9 Å². The first kappa shape index (κ1) is 10.8. The van der Waals surface area contributed by atoms with Gasteiger partial charge < -0.3 is 8.85 Å². The summed E-state index contributed by atoms with van der Waals surface area (Å²) in [6.45, 7) is 0. The first-order valence-electron chi connectivity index (χ1n) is 3.55. The van der Waals surface area contributed by atoms with Gasteiger partial charge in [0.1, 0.15) is 0 Å². The molecule has 6 heteroatoms. The molecule has 0 aromatic heterocycles. The van der Waals surface area contributed by atoms with E-state index in [1.807, 2.05) is 0 Å². The van der Waals surface area contributed by atoms with Gasteiger partial charge in [-0.2, -0.15) is 0 Å². The maximum atomic E-state index is 10.8. The summed E-state index contributed by atoms with van der Waals surface area (Å²) >= 11 is 0. The number of carbonyl (C=O) groups excluding carboxylic acids is 2. The summed E-state index contributed by atoms with van der Waals surface area (Å²) < 4.78 is 8.21. The quantitative estimate of drug-likeness (QED) is 0.355. The Morgan fingerprint density at radius 2 is 1.36 bits per heavy atom. The van der Waals surface area contributed by atoms with Crippen LogP contribution in [0.3, 0.4) is 0 Å². The lowest BCUT2D eigenvalue weighted by Gasteiger charge is -1.86. The molecule has 2 rings (SSSR count). The van der Waals surface area contributed by atoms with Crippen LogP contribution in [0, 0.1) is 0 Å². The monoisotopic (exact) mass is 220 g/mol. The van der Waals surface area contributed by atoms with Crippen LogP contribution >= 0.6 is 0 Å². The van der Waals surface area contributed by atoms with Gasteiger partial charge in [-0.1, -0.05) is 12.1 Å². The molecule has 4 nitrogen and oxygen atoms in total. The lowest BCUT2D eigenvalue weighted by Crippen LogP contribution is -1.96. The van der Waals surface area contributed by atoms with Gasteiger partial charge in [0, 0.05) is 0 Å². The third-order valence-electron chi connectivity index (χ3n) is 1.55. The third kappa shape index (κ3) is 2.16. The normalized spacial score (nSPS) is 12.7. The van der Waals surface area contributed by atoms with Gasteiger partial charge in [-0.3, -0.25) is 0 Å². The molecule has 14 heavy (non-hydrogen) atoms. The number of hydrogen-bond acceptors (Lipinski definition) is 4. The molecular formula is C8H4O4Si2. The summed E-state index contributed by atoms with van der Waals surface area (Å²) in [6.07, 6.45) is 0. The van der Waals surface area contributed by atoms with E-state index in [1.165, 1.54) is 0 Å². The number of hydrogen-bond donors (Lipinski definition) is 0. The van der Waals surface area contributed by atoms with Crippen molar-refractivity contribution in [1.29, 1.82) is 0 Å². The summed E-state index contributed by atoms with van der Waals surface area (Å²) in [5.41, 5.74) is 0.718. The topological polar surface area (TPSA) is 52.6 Å². The van der Waals surface area contributed by atoms with Crippen molar-refractivity contribution in [3.63, 3.8) is 0 Å². The van der Waals surface area contributed by atoms with Crippen LogP contribution in [0.5, 0.6) is 0 Å². The Labute approximate surface area is 87.3 Å². The number of carbonyl (C=O) groups is 2. The molecule has 0 unspecified atom stereocenters. The molecular weight excluding hydrogens is 216 g/mol. The Morgan fingerprint density at radius 3 is 1.71 bits per heavy atom. The Morgan fingerprint density at radius 1 is 1.00 bits per heavy atom. The fourth-order valence-corrected chi connectivity index (χ4v) is 1.03. The van der Waals surface area contributed by atoms with Crippen molar-refractivity contribution in [1.82, 2.24) is 0 Å². The van der Waals surface area contributed by atoms with Gasteiger partial charge in [0.05, 0.1) is 11.1 Å². The smallest absolute Gasteiger partial charge is 0.346 e. The van der Waals surface area contributed by atoms with Crippen molar-refractivity contribution in [2.75, 3.05) is 0 Å². The summed E-state index contributed by atoms with van der Waals surface area (Å²) in [5.74, 6) is -1.10. The highest BCUT2D eigenvalue weighted by atomic mass is 28.3. The average molecular weight is 220 g/mol. The minimum absolute atomic E-state index is 0.359. The number of benzene rings is 1. The van der Waals surface area contributed by atoms with Crippen LogP contribution in [0.15, 0.2) is 24.3 Å². The maximum Gasteiger partial charge on any atom is 0.346 e. The van der Waals surface area contributed by atoms with Gasteiger partial charge >= 0.3 is 11.9 Å². The molecule has 0 amide bonds. The molecule has 0 saturated carbocycles. The second-order valence-electron chi connectivity index (χ2n) is 2.32. The van der Waals surface area contributed by atoms with E-state index < -0.39 is 11.9 Å². The van der Waals surface area contributed by atoms with Crippen LogP contribution in [0.1, 0.15) is 20.7 Å². The van der Waals surface area contributed by atoms with Crippen molar-refractivity contribution in [3.05, 3.63) is 35.4 Å². The molecule has 6 radical (unpaired) electrons. The van der Waals surface area contributed by atoms with E-state index >= 15 is 0 Å². The van der Waals surface area contributed by atoms with E-state index in [9.17, 15) is 9.59 Å². The molecule has 1 aromatic carbocycles. The van der Waals surface area contributed by atoms with Crippen LogP contribution in [0.4, 0.5) is 0 Å². The van der Waals surface area contributed by atoms with E-state index in [4.69, 9.17) is 0 Å². The zero-order valence-electron chi connectivity index (χ0n) is 6.94. The van der Waals surface area contributed by atoms with E-state index in [1.54, 1.807) is 24.3 Å². The third-order valence-corrected chi connectivity index (χ3v) is 1.55. The summed E-state index contributed by atoms with van der Waals surface area (Å²) in [7, 11) is 5.19. The zero-order chi connectivity index (χ0) is 10.6. The number of esters is 2. The SMILES string of the molecule is O=C1OC(=O)c2ccccc21.[Si]O[Si]. The second-order valence-corrected chi connectivity index (χ2v) is 3.14. The summed E-state index contributed by atoms with van der Waals surface area (Å²) in [4.78, 5) is 21.7. The van der Waals surface area contributed by atoms with Gasteiger partial charge in [-0.25, -0.2) is 9.59 Å². The van der Waals surface area contributed by atoms with Crippen LogP contribution in [-0.2, 0) is 8.85 Å². The summed E-state index contributed by atoms with van der Waals surface area (Å²) in [6, 6.07) is 6.53. The lowest BCUT2D eigenvalue weighted by atomic mass is 10.1. The van der Waals surface area contributed by atoms with Gasteiger partial charge in [-0.05, 0) is 12.1 Å². The summed E-state index contributed by atoms with van der Waals surface area (Å²) in [5, 5.41) is 0. The molecule has 0 atom stereocenters. The first-order valence-corrected chi connectivity index (χ1v) is 4.37. The molecule has 0 bridgehead atoms. The van der Waals surface area contributed by atoms with Gasteiger partial charge in [0.25, 0.3) is 0 Å². The van der Waals surface area contributed by atoms with Gasteiger partial charge in [-0.15, -0.1) is 0 Å². The van der Waals surface area contributed by atoms with E-state index in [0.717, 1.165) is 0 Å². The van der Waals surface area contributed by atoms with Crippen molar-refractivity contribution in [3.8, 4) is 0 Å². The van der Waals surface area contributed by atoms with E-state index in [0.29, 0.717) is 11.1 Å². The minimum atomic E-state index is -0.550. The molecule has 0 fully saturated rings. The van der Waals surface area contributed by atoms with Crippen LogP contribution in [0.25, 0.3) is 0 Å². The highest BCUT2D eigenvalue weighted by Gasteiger charge is 2.28. The Bertz CT molecular complexity index is 331. The molecule has 0 aliphatic carbocycles.